The van der Waals surface area contributed by atoms with Crippen molar-refractivity contribution < 1.29 is 0 Å². The molecule has 3 heterocycles. The smallest absolute Gasteiger partial charge is 0.179 e. The van der Waals surface area contributed by atoms with Gasteiger partial charge in [0, 0.05) is 38.0 Å². The van der Waals surface area contributed by atoms with Gasteiger partial charge in [0.05, 0.1) is 56.1 Å². The highest BCUT2D eigenvalue weighted by Crippen LogP contribution is 2.43. The van der Waals surface area contributed by atoms with Crippen LogP contribution in [-0.2, 0) is 0 Å². The molecular formula is C61H40N4Si. The third kappa shape index (κ3) is 5.43. The molecule has 13 aromatic rings. The second-order valence-electron chi connectivity index (χ2n) is 17.1. The summed E-state index contributed by atoms with van der Waals surface area (Å²) in [6, 6.07) is 91.0. The molecule has 308 valence electrons. The van der Waals surface area contributed by atoms with Crippen molar-refractivity contribution in [2.45, 2.75) is 0 Å². The van der Waals surface area contributed by atoms with E-state index in [2.05, 4.69) is 250 Å². The van der Waals surface area contributed by atoms with Gasteiger partial charge in [-0.3, -0.25) is 0 Å². The van der Waals surface area contributed by atoms with Crippen molar-refractivity contribution >= 4 is 94.2 Å². The zero-order chi connectivity index (χ0) is 43.8. The first kappa shape index (κ1) is 37.8. The molecule has 66 heavy (non-hydrogen) atoms. The monoisotopic (exact) mass is 856 g/mol. The SMILES string of the molecule is N#Cc1ccc2c(c1)c1ccccc1n2-c1cccc2c3ccccc3n(-c3cccc4c5ccccc5n(-c5ccc([Si](c6ccccc6)(c6ccccc6)c6ccccc6)cc5)c34)c12. The molecule has 0 bridgehead atoms. The number of hydrogen-bond donors (Lipinski definition) is 0. The van der Waals surface area contributed by atoms with Gasteiger partial charge in [-0.1, -0.05) is 182 Å². The highest BCUT2D eigenvalue weighted by molar-refractivity contribution is 7.19. The molecule has 0 saturated heterocycles. The normalized spacial score (nSPS) is 11.9. The van der Waals surface area contributed by atoms with E-state index < -0.39 is 8.07 Å². The summed E-state index contributed by atoms with van der Waals surface area (Å²) in [7, 11) is -2.74. The second-order valence-corrected chi connectivity index (χ2v) is 21.0. The first-order valence-electron chi connectivity index (χ1n) is 22.5. The molecule has 0 fully saturated rings. The van der Waals surface area contributed by atoms with Crippen LogP contribution in [0.2, 0.25) is 0 Å². The molecule has 0 radical (unpaired) electrons. The summed E-state index contributed by atoms with van der Waals surface area (Å²) < 4.78 is 7.36. The van der Waals surface area contributed by atoms with E-state index >= 15 is 0 Å². The Morgan fingerprint density at radius 1 is 0.303 bits per heavy atom. The summed E-state index contributed by atoms with van der Waals surface area (Å²) in [5, 5.41) is 22.3. The number of hydrogen-bond acceptors (Lipinski definition) is 1. The molecule has 0 saturated carbocycles. The fourth-order valence-electron chi connectivity index (χ4n) is 11.1. The van der Waals surface area contributed by atoms with Crippen LogP contribution in [-0.4, -0.2) is 21.8 Å². The summed E-state index contributed by atoms with van der Waals surface area (Å²) >= 11 is 0. The molecule has 10 aromatic carbocycles. The number of nitrogens with zero attached hydrogens (tertiary/aromatic N) is 4. The average Bonchev–Trinajstić information content (AvgIpc) is 4.04. The molecule has 0 atom stereocenters. The predicted octanol–water partition coefficient (Wildman–Crippen LogP) is 12.2. The van der Waals surface area contributed by atoms with Gasteiger partial charge >= 0.3 is 0 Å². The van der Waals surface area contributed by atoms with Crippen LogP contribution in [0.15, 0.2) is 243 Å². The Labute approximate surface area is 382 Å². The first-order valence-corrected chi connectivity index (χ1v) is 24.5. The van der Waals surface area contributed by atoms with E-state index in [1.165, 1.54) is 42.3 Å². The maximum atomic E-state index is 9.95. The lowest BCUT2D eigenvalue weighted by atomic mass is 10.1. The van der Waals surface area contributed by atoms with Crippen molar-refractivity contribution in [2.75, 3.05) is 0 Å². The lowest BCUT2D eigenvalue weighted by Gasteiger charge is -2.34. The van der Waals surface area contributed by atoms with Crippen LogP contribution >= 0.6 is 0 Å². The van der Waals surface area contributed by atoms with Crippen molar-refractivity contribution in [3.63, 3.8) is 0 Å². The zero-order valence-corrected chi connectivity index (χ0v) is 36.9. The van der Waals surface area contributed by atoms with E-state index in [-0.39, 0.29) is 0 Å². The van der Waals surface area contributed by atoms with Crippen molar-refractivity contribution in [3.05, 3.63) is 248 Å². The largest absolute Gasteiger partial charge is 0.307 e. The van der Waals surface area contributed by atoms with Gasteiger partial charge in [0.1, 0.15) is 0 Å². The van der Waals surface area contributed by atoms with Gasteiger partial charge < -0.3 is 13.7 Å². The molecule has 0 unspecified atom stereocenters. The Kier molecular flexibility index (Phi) is 8.57. The predicted molar refractivity (Wildman–Crippen MR) is 278 cm³/mol. The van der Waals surface area contributed by atoms with Gasteiger partial charge in [-0.15, -0.1) is 0 Å². The number of fused-ring (bicyclic) bond motifs is 9. The molecule has 0 N–H and O–H groups in total. The maximum Gasteiger partial charge on any atom is 0.179 e. The molecular weight excluding hydrogens is 817 g/mol. The number of aromatic nitrogens is 3. The van der Waals surface area contributed by atoms with Crippen LogP contribution in [0.5, 0.6) is 0 Å². The lowest BCUT2D eigenvalue weighted by Crippen LogP contribution is -2.74. The maximum absolute atomic E-state index is 9.95. The minimum atomic E-state index is -2.74. The van der Waals surface area contributed by atoms with E-state index in [0.29, 0.717) is 5.56 Å². The quantitative estimate of drug-likeness (QED) is 0.116. The molecule has 13 rings (SSSR count). The topological polar surface area (TPSA) is 38.6 Å². The fraction of sp³-hybridized carbons (Fsp3) is 0. The number of nitriles is 1. The summed E-state index contributed by atoms with van der Waals surface area (Å²) in [5.41, 5.74) is 10.6. The van der Waals surface area contributed by atoms with Crippen LogP contribution in [0.4, 0.5) is 0 Å². The van der Waals surface area contributed by atoms with E-state index in [1.807, 2.05) is 12.1 Å². The Morgan fingerprint density at radius 2 is 0.697 bits per heavy atom. The van der Waals surface area contributed by atoms with Crippen LogP contribution in [0.3, 0.4) is 0 Å². The number of rotatable bonds is 7. The fourth-order valence-corrected chi connectivity index (χ4v) is 15.9. The van der Waals surface area contributed by atoms with Crippen LogP contribution in [0, 0.1) is 11.3 Å². The highest BCUT2D eigenvalue weighted by atomic mass is 28.3. The lowest BCUT2D eigenvalue weighted by molar-refractivity contribution is 1.11. The summed E-state index contributed by atoms with van der Waals surface area (Å²) in [6.07, 6.45) is 0. The summed E-state index contributed by atoms with van der Waals surface area (Å²) in [6.45, 7) is 0. The molecule has 0 aliphatic carbocycles. The molecule has 0 aliphatic rings. The average molecular weight is 857 g/mol. The highest BCUT2D eigenvalue weighted by Gasteiger charge is 2.41. The van der Waals surface area contributed by atoms with E-state index in [0.717, 1.165) is 60.9 Å². The number of benzene rings is 10. The van der Waals surface area contributed by atoms with Gasteiger partial charge in [0.15, 0.2) is 8.07 Å². The van der Waals surface area contributed by atoms with Gasteiger partial charge in [-0.05, 0) is 81.4 Å². The minimum Gasteiger partial charge on any atom is -0.307 e. The molecule has 5 heteroatoms. The molecule has 0 aliphatic heterocycles. The van der Waals surface area contributed by atoms with Crippen molar-refractivity contribution in [3.8, 4) is 23.1 Å². The molecule has 0 spiro atoms. The van der Waals surface area contributed by atoms with Gasteiger partial charge in [0.25, 0.3) is 0 Å². The second kappa shape index (κ2) is 15.0. The Morgan fingerprint density at radius 3 is 1.23 bits per heavy atom. The van der Waals surface area contributed by atoms with Gasteiger partial charge in [-0.25, -0.2) is 0 Å². The Balaban J connectivity index is 1.10. The van der Waals surface area contributed by atoms with Crippen molar-refractivity contribution in [2.24, 2.45) is 0 Å². The molecule has 4 nitrogen and oxygen atoms in total. The molecule has 0 amide bonds. The molecule has 3 aromatic heterocycles. The zero-order valence-electron chi connectivity index (χ0n) is 35.9. The third-order valence-corrected chi connectivity index (χ3v) is 18.6. The standard InChI is InChI=1S/C61H40N4Si/c62-41-42-34-39-57-53(40-42)50-26-12-14-30-55(50)64(57)58-32-16-28-52-49-25-11-15-31-56(49)65(61(52)58)59-33-17-27-51-48-24-10-13-29-54(48)63(60(51)59)43-35-37-47(38-36-43)66(44-18-4-1-5-19-44,45-20-6-2-7-21-45)46-22-8-3-9-23-46/h1-40H. The van der Waals surface area contributed by atoms with Gasteiger partial charge in [0.2, 0.25) is 0 Å². The van der Waals surface area contributed by atoms with Crippen molar-refractivity contribution in [1.82, 2.24) is 13.7 Å². The van der Waals surface area contributed by atoms with Crippen molar-refractivity contribution in [1.29, 1.82) is 5.26 Å². The Bertz CT molecular complexity index is 3950. The minimum absolute atomic E-state index is 0.651. The third-order valence-electron chi connectivity index (χ3n) is 13.8. The van der Waals surface area contributed by atoms with Crippen LogP contribution in [0.1, 0.15) is 5.56 Å². The Hall–Kier alpha value is -8.69. The van der Waals surface area contributed by atoms with E-state index in [1.54, 1.807) is 0 Å². The van der Waals surface area contributed by atoms with Gasteiger partial charge in [-0.2, -0.15) is 5.26 Å². The summed E-state index contributed by atoms with van der Waals surface area (Å²) in [5.74, 6) is 0. The van der Waals surface area contributed by atoms with Crippen LogP contribution in [0.25, 0.3) is 82.5 Å². The number of para-hydroxylation sites is 5. The van der Waals surface area contributed by atoms with E-state index in [4.69, 9.17) is 0 Å². The summed E-state index contributed by atoms with van der Waals surface area (Å²) in [4.78, 5) is 0. The van der Waals surface area contributed by atoms with E-state index in [9.17, 15) is 5.26 Å². The first-order chi connectivity index (χ1) is 32.7. The van der Waals surface area contributed by atoms with Crippen LogP contribution < -0.4 is 20.7 Å².